The standard InChI is InChI=1S/C12H26O7.C6H14O/c13-1-3-15-5-7-17-9-11-19-12-10-18-8-6-16-4-2-14;1-3-4-5-6-7-2/h13-14H,1-12H2;3-6H2,1-2H3. The van der Waals surface area contributed by atoms with Crippen LogP contribution in [0.1, 0.15) is 26.2 Å². The highest BCUT2D eigenvalue weighted by atomic mass is 16.6. The summed E-state index contributed by atoms with van der Waals surface area (Å²) in [5.74, 6) is 0. The van der Waals surface area contributed by atoms with Crippen molar-refractivity contribution < 1.29 is 38.6 Å². The Balaban J connectivity index is 0. The third-order valence-corrected chi connectivity index (χ3v) is 2.91. The van der Waals surface area contributed by atoms with Gasteiger partial charge in [0.05, 0.1) is 79.3 Å². The van der Waals surface area contributed by atoms with Crippen molar-refractivity contribution in [2.45, 2.75) is 26.2 Å². The molecule has 0 amide bonds. The van der Waals surface area contributed by atoms with Gasteiger partial charge in [0.2, 0.25) is 0 Å². The summed E-state index contributed by atoms with van der Waals surface area (Å²) in [6, 6.07) is 0. The van der Waals surface area contributed by atoms with Crippen LogP contribution in [0.15, 0.2) is 0 Å². The second-order valence-corrected chi connectivity index (χ2v) is 5.21. The number of aliphatic hydroxyl groups excluding tert-OH is 2. The summed E-state index contributed by atoms with van der Waals surface area (Å²) >= 11 is 0. The molecule has 0 aromatic rings. The lowest BCUT2D eigenvalue weighted by molar-refractivity contribution is -0.0151. The smallest absolute Gasteiger partial charge is 0.0701 e. The van der Waals surface area contributed by atoms with Crippen molar-refractivity contribution in [1.82, 2.24) is 0 Å². The SMILES string of the molecule is CCCCCOC.OCCOCCOCCOCCOCCOCCO. The van der Waals surface area contributed by atoms with Gasteiger partial charge in [0.1, 0.15) is 0 Å². The van der Waals surface area contributed by atoms with E-state index in [0.29, 0.717) is 66.1 Å². The molecule has 8 nitrogen and oxygen atoms in total. The predicted molar refractivity (Wildman–Crippen MR) is 99.7 cm³/mol. The van der Waals surface area contributed by atoms with E-state index in [1.807, 2.05) is 0 Å². The highest BCUT2D eigenvalue weighted by Gasteiger charge is 1.93. The van der Waals surface area contributed by atoms with Gasteiger partial charge in [-0.3, -0.25) is 0 Å². The van der Waals surface area contributed by atoms with Crippen LogP contribution in [-0.2, 0) is 28.4 Å². The summed E-state index contributed by atoms with van der Waals surface area (Å²) in [5.41, 5.74) is 0. The average molecular weight is 385 g/mol. The van der Waals surface area contributed by atoms with Crippen molar-refractivity contribution in [2.24, 2.45) is 0 Å². The molecule has 160 valence electrons. The second kappa shape index (κ2) is 29.4. The van der Waals surface area contributed by atoms with E-state index in [1.165, 1.54) is 19.3 Å². The van der Waals surface area contributed by atoms with Crippen molar-refractivity contribution in [2.75, 3.05) is 93.0 Å². The van der Waals surface area contributed by atoms with E-state index in [0.717, 1.165) is 6.61 Å². The molecule has 0 heterocycles. The number of hydrogen-bond acceptors (Lipinski definition) is 8. The largest absolute Gasteiger partial charge is 0.394 e. The number of hydrogen-bond donors (Lipinski definition) is 2. The molecule has 0 aromatic carbocycles. The van der Waals surface area contributed by atoms with Crippen LogP contribution in [0.3, 0.4) is 0 Å². The summed E-state index contributed by atoms with van der Waals surface area (Å²) in [4.78, 5) is 0. The Bertz CT molecular complexity index is 199. The van der Waals surface area contributed by atoms with Gasteiger partial charge < -0.3 is 38.6 Å². The molecule has 0 bridgehead atoms. The first kappa shape index (κ1) is 27.9. The minimum Gasteiger partial charge on any atom is -0.394 e. The third-order valence-electron chi connectivity index (χ3n) is 2.91. The summed E-state index contributed by atoms with van der Waals surface area (Å²) in [5, 5.41) is 16.9. The van der Waals surface area contributed by atoms with Crippen molar-refractivity contribution >= 4 is 0 Å². The molecular weight excluding hydrogens is 344 g/mol. The maximum Gasteiger partial charge on any atom is 0.0701 e. The van der Waals surface area contributed by atoms with Crippen molar-refractivity contribution in [3.8, 4) is 0 Å². The van der Waals surface area contributed by atoms with Crippen LogP contribution >= 0.6 is 0 Å². The highest BCUT2D eigenvalue weighted by Crippen LogP contribution is 1.91. The predicted octanol–water partition coefficient (Wildman–Crippen LogP) is 0.877. The number of unbranched alkanes of at least 4 members (excludes halogenated alkanes) is 2. The second-order valence-electron chi connectivity index (χ2n) is 5.21. The number of methoxy groups -OCH3 is 1. The Kier molecular flexibility index (Phi) is 31.6. The Morgan fingerprint density at radius 1 is 0.500 bits per heavy atom. The lowest BCUT2D eigenvalue weighted by atomic mass is 10.3. The summed E-state index contributed by atoms with van der Waals surface area (Å²) in [7, 11) is 1.75. The first-order chi connectivity index (χ1) is 12.8. The molecule has 0 fully saturated rings. The van der Waals surface area contributed by atoms with Gasteiger partial charge in [0, 0.05) is 13.7 Å². The molecule has 0 rings (SSSR count). The molecule has 0 atom stereocenters. The minimum atomic E-state index is 0.0359. The van der Waals surface area contributed by atoms with E-state index in [2.05, 4.69) is 6.92 Å². The van der Waals surface area contributed by atoms with Crippen LogP contribution in [0.4, 0.5) is 0 Å². The molecule has 0 aromatic heterocycles. The molecule has 0 unspecified atom stereocenters. The molecular formula is C18H40O8. The molecule has 2 N–H and O–H groups in total. The van der Waals surface area contributed by atoms with Gasteiger partial charge in [-0.25, -0.2) is 0 Å². The monoisotopic (exact) mass is 384 g/mol. The van der Waals surface area contributed by atoms with Gasteiger partial charge in [0.15, 0.2) is 0 Å². The fourth-order valence-electron chi connectivity index (χ4n) is 1.61. The first-order valence-corrected chi connectivity index (χ1v) is 9.42. The van der Waals surface area contributed by atoms with Crippen LogP contribution in [0.5, 0.6) is 0 Å². The Labute approximate surface area is 158 Å². The maximum absolute atomic E-state index is 8.45. The molecule has 0 spiro atoms. The average Bonchev–Trinajstić information content (AvgIpc) is 2.66. The zero-order valence-corrected chi connectivity index (χ0v) is 16.7. The van der Waals surface area contributed by atoms with Crippen molar-refractivity contribution in [3.05, 3.63) is 0 Å². The summed E-state index contributed by atoms with van der Waals surface area (Å²) in [6.07, 6.45) is 3.80. The van der Waals surface area contributed by atoms with E-state index in [9.17, 15) is 0 Å². The lowest BCUT2D eigenvalue weighted by Gasteiger charge is -2.07. The molecule has 0 saturated heterocycles. The maximum atomic E-state index is 8.45. The van der Waals surface area contributed by atoms with E-state index in [4.69, 9.17) is 38.6 Å². The zero-order valence-electron chi connectivity index (χ0n) is 16.7. The minimum absolute atomic E-state index is 0.0359. The summed E-state index contributed by atoms with van der Waals surface area (Å²) in [6.45, 7) is 7.92. The third kappa shape index (κ3) is 31.4. The molecule has 0 saturated carbocycles. The van der Waals surface area contributed by atoms with Gasteiger partial charge >= 0.3 is 0 Å². The molecule has 0 aliphatic carbocycles. The van der Waals surface area contributed by atoms with Crippen LogP contribution in [0, 0.1) is 0 Å². The Hall–Kier alpha value is -0.320. The Morgan fingerprint density at radius 3 is 1.12 bits per heavy atom. The van der Waals surface area contributed by atoms with Crippen LogP contribution < -0.4 is 0 Å². The first-order valence-electron chi connectivity index (χ1n) is 9.42. The topological polar surface area (TPSA) is 95.8 Å². The fraction of sp³-hybridized carbons (Fsp3) is 1.00. The van der Waals surface area contributed by atoms with Gasteiger partial charge in [0.25, 0.3) is 0 Å². The van der Waals surface area contributed by atoms with Crippen LogP contribution in [0.2, 0.25) is 0 Å². The van der Waals surface area contributed by atoms with Gasteiger partial charge in [-0.2, -0.15) is 0 Å². The van der Waals surface area contributed by atoms with E-state index in [-0.39, 0.29) is 13.2 Å². The normalized spacial score (nSPS) is 10.6. The molecule has 0 aliphatic heterocycles. The summed E-state index contributed by atoms with van der Waals surface area (Å²) < 4.78 is 30.6. The van der Waals surface area contributed by atoms with Gasteiger partial charge in [-0.15, -0.1) is 0 Å². The Morgan fingerprint density at radius 2 is 0.846 bits per heavy atom. The van der Waals surface area contributed by atoms with Gasteiger partial charge in [-0.05, 0) is 6.42 Å². The van der Waals surface area contributed by atoms with Crippen molar-refractivity contribution in [3.63, 3.8) is 0 Å². The number of ether oxygens (including phenoxy) is 6. The molecule has 0 aliphatic rings. The lowest BCUT2D eigenvalue weighted by Crippen LogP contribution is -2.14. The van der Waals surface area contributed by atoms with Gasteiger partial charge in [-0.1, -0.05) is 19.8 Å². The quantitative estimate of drug-likeness (QED) is 0.299. The molecule has 0 radical (unpaired) electrons. The fourth-order valence-corrected chi connectivity index (χ4v) is 1.61. The highest BCUT2D eigenvalue weighted by molar-refractivity contribution is 4.36. The van der Waals surface area contributed by atoms with E-state index >= 15 is 0 Å². The number of rotatable bonds is 20. The zero-order chi connectivity index (χ0) is 19.6. The molecule has 8 heteroatoms. The van der Waals surface area contributed by atoms with Crippen LogP contribution in [0.25, 0.3) is 0 Å². The van der Waals surface area contributed by atoms with Crippen LogP contribution in [-0.4, -0.2) is 103 Å². The van der Waals surface area contributed by atoms with E-state index < -0.39 is 0 Å². The van der Waals surface area contributed by atoms with E-state index in [1.54, 1.807) is 7.11 Å². The van der Waals surface area contributed by atoms with Crippen molar-refractivity contribution in [1.29, 1.82) is 0 Å². The molecule has 26 heavy (non-hydrogen) atoms. The number of aliphatic hydroxyl groups is 2.